The fourth-order valence-corrected chi connectivity index (χ4v) is 2.17. The van der Waals surface area contributed by atoms with E-state index in [0.29, 0.717) is 24.1 Å². The first-order valence-electron chi connectivity index (χ1n) is 5.37. The monoisotopic (exact) mass is 225 g/mol. The van der Waals surface area contributed by atoms with Crippen LogP contribution in [0.25, 0.3) is 0 Å². The molecule has 0 unspecified atom stereocenters. The van der Waals surface area contributed by atoms with Crippen molar-refractivity contribution < 1.29 is 13.6 Å². The van der Waals surface area contributed by atoms with E-state index in [4.69, 9.17) is 0 Å². The van der Waals surface area contributed by atoms with Crippen LogP contribution in [0.2, 0.25) is 0 Å². The standard InChI is InChI=1S/C12H13F2NO/c1-7(16)15-11-6-10(13)12(14)9-5-3-2-4-8(9)11/h6H,2-5H2,1H3,(H,15,16). The van der Waals surface area contributed by atoms with E-state index in [1.807, 2.05) is 0 Å². The van der Waals surface area contributed by atoms with E-state index in [-0.39, 0.29) is 5.91 Å². The number of hydrogen-bond acceptors (Lipinski definition) is 1. The first-order chi connectivity index (χ1) is 7.59. The molecule has 1 aliphatic carbocycles. The molecule has 16 heavy (non-hydrogen) atoms. The van der Waals surface area contributed by atoms with Crippen molar-refractivity contribution in [1.29, 1.82) is 0 Å². The normalized spacial score (nSPS) is 14.4. The predicted octanol–water partition coefficient (Wildman–Crippen LogP) is 2.80. The first-order valence-corrected chi connectivity index (χ1v) is 5.37. The minimum absolute atomic E-state index is 0.265. The Balaban J connectivity index is 2.52. The van der Waals surface area contributed by atoms with Crippen LogP contribution in [0.3, 0.4) is 0 Å². The summed E-state index contributed by atoms with van der Waals surface area (Å²) in [5, 5.41) is 2.56. The summed E-state index contributed by atoms with van der Waals surface area (Å²) in [5.74, 6) is -1.91. The molecule has 1 aliphatic rings. The minimum Gasteiger partial charge on any atom is -0.326 e. The van der Waals surface area contributed by atoms with Crippen LogP contribution in [0.15, 0.2) is 6.07 Å². The lowest BCUT2D eigenvalue weighted by Gasteiger charge is -2.20. The van der Waals surface area contributed by atoms with Gasteiger partial charge in [0.15, 0.2) is 11.6 Å². The molecule has 1 aromatic rings. The third kappa shape index (κ3) is 1.92. The van der Waals surface area contributed by atoms with Crippen molar-refractivity contribution in [1.82, 2.24) is 0 Å². The zero-order valence-corrected chi connectivity index (χ0v) is 9.07. The first kappa shape index (κ1) is 11.0. The van der Waals surface area contributed by atoms with Crippen LogP contribution in [-0.4, -0.2) is 5.91 Å². The summed E-state index contributed by atoms with van der Waals surface area (Å²) in [6, 6.07) is 1.07. The van der Waals surface area contributed by atoms with Crippen molar-refractivity contribution in [2.75, 3.05) is 5.32 Å². The molecular weight excluding hydrogens is 212 g/mol. The molecule has 0 atom stereocenters. The number of carbonyl (C=O) groups is 1. The average molecular weight is 225 g/mol. The Bertz CT molecular complexity index is 443. The van der Waals surface area contributed by atoms with Crippen molar-refractivity contribution in [3.05, 3.63) is 28.8 Å². The quantitative estimate of drug-likeness (QED) is 0.782. The fourth-order valence-electron chi connectivity index (χ4n) is 2.17. The molecule has 2 rings (SSSR count). The summed E-state index contributed by atoms with van der Waals surface area (Å²) in [7, 11) is 0. The molecule has 0 fully saturated rings. The van der Waals surface area contributed by atoms with E-state index in [0.717, 1.165) is 24.5 Å². The molecule has 86 valence electrons. The van der Waals surface area contributed by atoms with Crippen molar-refractivity contribution in [2.45, 2.75) is 32.6 Å². The Morgan fingerprint density at radius 2 is 1.88 bits per heavy atom. The maximum absolute atomic E-state index is 13.5. The SMILES string of the molecule is CC(=O)Nc1cc(F)c(F)c2c1CCCC2. The maximum atomic E-state index is 13.5. The van der Waals surface area contributed by atoms with Crippen molar-refractivity contribution in [3.8, 4) is 0 Å². The molecule has 1 amide bonds. The van der Waals surface area contributed by atoms with E-state index in [2.05, 4.69) is 5.32 Å². The van der Waals surface area contributed by atoms with Gasteiger partial charge in [-0.2, -0.15) is 0 Å². The second-order valence-corrected chi connectivity index (χ2v) is 4.07. The number of halogens is 2. The average Bonchev–Trinajstić information content (AvgIpc) is 2.25. The summed E-state index contributed by atoms with van der Waals surface area (Å²) >= 11 is 0. The molecule has 1 N–H and O–H groups in total. The molecule has 0 radical (unpaired) electrons. The summed E-state index contributed by atoms with van der Waals surface area (Å²) in [5.41, 5.74) is 1.59. The number of rotatable bonds is 1. The van der Waals surface area contributed by atoms with Crippen LogP contribution in [0.5, 0.6) is 0 Å². The lowest BCUT2D eigenvalue weighted by atomic mass is 9.89. The van der Waals surface area contributed by atoms with Crippen molar-refractivity contribution >= 4 is 11.6 Å². The van der Waals surface area contributed by atoms with Gasteiger partial charge in [-0.05, 0) is 36.8 Å². The Kier molecular flexibility index (Phi) is 2.90. The molecular formula is C12H13F2NO. The summed E-state index contributed by atoms with van der Waals surface area (Å²) in [6.45, 7) is 1.36. The van der Waals surface area contributed by atoms with Gasteiger partial charge in [0.05, 0.1) is 0 Å². The molecule has 1 aromatic carbocycles. The van der Waals surface area contributed by atoms with Crippen LogP contribution >= 0.6 is 0 Å². The number of carbonyl (C=O) groups excluding carboxylic acids is 1. The predicted molar refractivity (Wildman–Crippen MR) is 57.3 cm³/mol. The number of hydrogen-bond donors (Lipinski definition) is 1. The van der Waals surface area contributed by atoms with E-state index in [9.17, 15) is 13.6 Å². The smallest absolute Gasteiger partial charge is 0.221 e. The molecule has 0 bridgehead atoms. The molecule has 0 saturated heterocycles. The zero-order chi connectivity index (χ0) is 11.7. The number of amides is 1. The highest BCUT2D eigenvalue weighted by atomic mass is 19.2. The van der Waals surface area contributed by atoms with Gasteiger partial charge >= 0.3 is 0 Å². The number of fused-ring (bicyclic) bond motifs is 1. The molecule has 0 aliphatic heterocycles. The van der Waals surface area contributed by atoms with Crippen LogP contribution in [-0.2, 0) is 17.6 Å². The Morgan fingerprint density at radius 3 is 2.50 bits per heavy atom. The Hall–Kier alpha value is -1.45. The number of anilines is 1. The molecule has 2 nitrogen and oxygen atoms in total. The van der Waals surface area contributed by atoms with Crippen LogP contribution < -0.4 is 5.32 Å². The van der Waals surface area contributed by atoms with E-state index in [1.54, 1.807) is 0 Å². The van der Waals surface area contributed by atoms with Gasteiger partial charge in [-0.1, -0.05) is 0 Å². The van der Waals surface area contributed by atoms with Gasteiger partial charge in [-0.25, -0.2) is 8.78 Å². The van der Waals surface area contributed by atoms with Crippen molar-refractivity contribution in [3.63, 3.8) is 0 Å². The molecule has 0 saturated carbocycles. The zero-order valence-electron chi connectivity index (χ0n) is 9.07. The molecule has 0 spiro atoms. The van der Waals surface area contributed by atoms with Gasteiger partial charge in [-0.15, -0.1) is 0 Å². The van der Waals surface area contributed by atoms with Crippen LogP contribution in [0.4, 0.5) is 14.5 Å². The highest BCUT2D eigenvalue weighted by Gasteiger charge is 2.21. The number of nitrogens with one attached hydrogen (secondary N) is 1. The summed E-state index contributed by atoms with van der Waals surface area (Å²) in [6.07, 6.45) is 3.06. The lowest BCUT2D eigenvalue weighted by Crippen LogP contribution is -2.14. The third-order valence-electron chi connectivity index (χ3n) is 2.85. The Labute approximate surface area is 92.7 Å². The van der Waals surface area contributed by atoms with Gasteiger partial charge in [0.2, 0.25) is 5.91 Å². The lowest BCUT2D eigenvalue weighted by molar-refractivity contribution is -0.114. The topological polar surface area (TPSA) is 29.1 Å². The second-order valence-electron chi connectivity index (χ2n) is 4.07. The highest BCUT2D eigenvalue weighted by molar-refractivity contribution is 5.89. The summed E-state index contributed by atoms with van der Waals surface area (Å²) in [4.78, 5) is 11.0. The molecule has 0 aromatic heterocycles. The summed E-state index contributed by atoms with van der Waals surface area (Å²) < 4.78 is 26.8. The Morgan fingerprint density at radius 1 is 1.25 bits per heavy atom. The van der Waals surface area contributed by atoms with Gasteiger partial charge in [0, 0.05) is 18.7 Å². The molecule has 0 heterocycles. The van der Waals surface area contributed by atoms with Gasteiger partial charge < -0.3 is 5.32 Å². The highest BCUT2D eigenvalue weighted by Crippen LogP contribution is 2.31. The van der Waals surface area contributed by atoms with Gasteiger partial charge in [-0.3, -0.25) is 4.79 Å². The van der Waals surface area contributed by atoms with Crippen molar-refractivity contribution in [2.24, 2.45) is 0 Å². The van der Waals surface area contributed by atoms with Crippen LogP contribution in [0, 0.1) is 11.6 Å². The van der Waals surface area contributed by atoms with E-state index >= 15 is 0 Å². The maximum Gasteiger partial charge on any atom is 0.221 e. The van der Waals surface area contributed by atoms with E-state index in [1.165, 1.54) is 6.92 Å². The largest absolute Gasteiger partial charge is 0.326 e. The second kappa shape index (κ2) is 4.20. The van der Waals surface area contributed by atoms with Gasteiger partial charge in [0.1, 0.15) is 0 Å². The fraction of sp³-hybridized carbons (Fsp3) is 0.417. The van der Waals surface area contributed by atoms with Crippen LogP contribution in [0.1, 0.15) is 30.9 Å². The minimum atomic E-state index is -0.885. The molecule has 4 heteroatoms. The number of benzene rings is 1. The van der Waals surface area contributed by atoms with Gasteiger partial charge in [0.25, 0.3) is 0 Å². The van der Waals surface area contributed by atoms with E-state index < -0.39 is 11.6 Å². The third-order valence-corrected chi connectivity index (χ3v) is 2.85.